The topological polar surface area (TPSA) is 49.4 Å². The number of fused-ring (bicyclic) bond motifs is 1. The Kier molecular flexibility index (Phi) is 4.56. The maximum Gasteiger partial charge on any atom is 0.243 e. The summed E-state index contributed by atoms with van der Waals surface area (Å²) >= 11 is 0. The van der Waals surface area contributed by atoms with E-state index in [9.17, 15) is 9.59 Å². The van der Waals surface area contributed by atoms with E-state index >= 15 is 0 Å². The molecule has 1 aliphatic heterocycles. The molecule has 2 amide bonds. The lowest BCUT2D eigenvalue weighted by molar-refractivity contribution is -0.133. The SMILES string of the molecule is C=CC(=O)NCCC(=O)N1CCc2ccccc2C1C. The molecule has 1 aromatic rings. The van der Waals surface area contributed by atoms with Crippen LogP contribution in [0.1, 0.15) is 30.5 Å². The largest absolute Gasteiger partial charge is 0.352 e. The predicted molar refractivity (Wildman–Crippen MR) is 78.1 cm³/mol. The van der Waals surface area contributed by atoms with Crippen molar-refractivity contribution in [3.63, 3.8) is 0 Å². The highest BCUT2D eigenvalue weighted by Crippen LogP contribution is 2.29. The fraction of sp³-hybridized carbons (Fsp3) is 0.375. The monoisotopic (exact) mass is 272 g/mol. The Hall–Kier alpha value is -2.10. The van der Waals surface area contributed by atoms with E-state index in [2.05, 4.69) is 31.0 Å². The maximum atomic E-state index is 12.2. The molecular weight excluding hydrogens is 252 g/mol. The standard InChI is InChI=1S/C16H20N2O2/c1-3-15(19)17-10-8-16(20)18-11-9-13-6-4-5-7-14(13)12(18)2/h3-7,12H,1,8-11H2,2H3,(H,17,19). The van der Waals surface area contributed by atoms with Gasteiger partial charge in [-0.2, -0.15) is 0 Å². The molecule has 0 saturated heterocycles. The molecule has 0 aromatic heterocycles. The highest BCUT2D eigenvalue weighted by Gasteiger charge is 2.26. The number of benzene rings is 1. The average Bonchev–Trinajstić information content (AvgIpc) is 2.47. The van der Waals surface area contributed by atoms with Crippen LogP contribution in [-0.4, -0.2) is 29.8 Å². The summed E-state index contributed by atoms with van der Waals surface area (Å²) in [5.74, 6) is -0.161. The number of carbonyl (C=O) groups is 2. The van der Waals surface area contributed by atoms with Crippen molar-refractivity contribution >= 4 is 11.8 Å². The molecule has 1 aromatic carbocycles. The summed E-state index contributed by atoms with van der Waals surface area (Å²) in [6.45, 7) is 6.53. The third kappa shape index (κ3) is 3.07. The van der Waals surface area contributed by atoms with Crippen LogP contribution in [0.2, 0.25) is 0 Å². The van der Waals surface area contributed by atoms with Gasteiger partial charge in [-0.1, -0.05) is 30.8 Å². The molecule has 1 N–H and O–H groups in total. The van der Waals surface area contributed by atoms with Crippen molar-refractivity contribution in [2.24, 2.45) is 0 Å². The molecule has 4 heteroatoms. The van der Waals surface area contributed by atoms with Gasteiger partial charge in [-0.3, -0.25) is 9.59 Å². The second-order valence-corrected chi connectivity index (χ2v) is 4.96. The van der Waals surface area contributed by atoms with E-state index in [4.69, 9.17) is 0 Å². The molecule has 2 rings (SSSR count). The number of nitrogens with zero attached hydrogens (tertiary/aromatic N) is 1. The molecule has 1 heterocycles. The smallest absolute Gasteiger partial charge is 0.243 e. The van der Waals surface area contributed by atoms with Crippen molar-refractivity contribution in [2.75, 3.05) is 13.1 Å². The number of rotatable bonds is 4. The summed E-state index contributed by atoms with van der Waals surface area (Å²) in [6, 6.07) is 8.35. The van der Waals surface area contributed by atoms with Crippen LogP contribution in [0.5, 0.6) is 0 Å². The first kappa shape index (κ1) is 14.3. The van der Waals surface area contributed by atoms with Crippen molar-refractivity contribution in [1.82, 2.24) is 10.2 Å². The minimum Gasteiger partial charge on any atom is -0.352 e. The van der Waals surface area contributed by atoms with E-state index in [-0.39, 0.29) is 17.9 Å². The van der Waals surface area contributed by atoms with Gasteiger partial charge in [0.25, 0.3) is 0 Å². The molecule has 0 saturated carbocycles. The van der Waals surface area contributed by atoms with Crippen molar-refractivity contribution in [3.05, 3.63) is 48.0 Å². The van der Waals surface area contributed by atoms with Gasteiger partial charge in [-0.05, 0) is 30.5 Å². The molecule has 1 atom stereocenters. The van der Waals surface area contributed by atoms with E-state index in [0.29, 0.717) is 13.0 Å². The lowest BCUT2D eigenvalue weighted by Gasteiger charge is -2.35. The van der Waals surface area contributed by atoms with Crippen molar-refractivity contribution < 1.29 is 9.59 Å². The molecule has 0 aliphatic carbocycles. The minimum absolute atomic E-state index is 0.0800. The van der Waals surface area contributed by atoms with Gasteiger partial charge >= 0.3 is 0 Å². The molecule has 106 valence electrons. The third-order valence-corrected chi connectivity index (χ3v) is 3.74. The second-order valence-electron chi connectivity index (χ2n) is 4.96. The summed E-state index contributed by atoms with van der Waals surface area (Å²) in [7, 11) is 0. The van der Waals surface area contributed by atoms with Crippen molar-refractivity contribution in [2.45, 2.75) is 25.8 Å². The fourth-order valence-electron chi connectivity index (χ4n) is 2.62. The zero-order chi connectivity index (χ0) is 14.5. The highest BCUT2D eigenvalue weighted by molar-refractivity contribution is 5.87. The molecule has 0 bridgehead atoms. The highest BCUT2D eigenvalue weighted by atomic mass is 16.2. The first-order valence-corrected chi connectivity index (χ1v) is 6.91. The molecule has 0 spiro atoms. The lowest BCUT2D eigenvalue weighted by Crippen LogP contribution is -2.40. The molecule has 0 radical (unpaired) electrons. The van der Waals surface area contributed by atoms with Crippen LogP contribution in [0.3, 0.4) is 0 Å². The number of nitrogens with one attached hydrogen (secondary N) is 1. The van der Waals surface area contributed by atoms with Crippen LogP contribution in [0.15, 0.2) is 36.9 Å². The Morgan fingerprint density at radius 1 is 1.45 bits per heavy atom. The van der Waals surface area contributed by atoms with Crippen molar-refractivity contribution in [3.8, 4) is 0 Å². The van der Waals surface area contributed by atoms with Gasteiger partial charge < -0.3 is 10.2 Å². The minimum atomic E-state index is -0.241. The van der Waals surface area contributed by atoms with Gasteiger partial charge in [0.05, 0.1) is 6.04 Å². The van der Waals surface area contributed by atoms with Crippen molar-refractivity contribution in [1.29, 1.82) is 0 Å². The average molecular weight is 272 g/mol. The molecule has 0 fully saturated rings. The first-order chi connectivity index (χ1) is 9.63. The van der Waals surface area contributed by atoms with Gasteiger partial charge in [0.1, 0.15) is 0 Å². The zero-order valence-corrected chi connectivity index (χ0v) is 11.8. The Labute approximate surface area is 119 Å². The van der Waals surface area contributed by atoms with E-state index in [1.807, 2.05) is 17.0 Å². The number of hydrogen-bond acceptors (Lipinski definition) is 2. The van der Waals surface area contributed by atoms with E-state index < -0.39 is 0 Å². The van der Waals surface area contributed by atoms with Crippen LogP contribution >= 0.6 is 0 Å². The summed E-state index contributed by atoms with van der Waals surface area (Å²) in [6.07, 6.45) is 2.43. The molecule has 4 nitrogen and oxygen atoms in total. The van der Waals surface area contributed by atoms with Crippen LogP contribution < -0.4 is 5.32 Å². The van der Waals surface area contributed by atoms with Gasteiger partial charge in [-0.15, -0.1) is 0 Å². The number of carbonyl (C=O) groups excluding carboxylic acids is 2. The normalized spacial score (nSPS) is 17.2. The van der Waals surface area contributed by atoms with Gasteiger partial charge in [0.15, 0.2) is 0 Å². The van der Waals surface area contributed by atoms with Crippen LogP contribution in [-0.2, 0) is 16.0 Å². The zero-order valence-electron chi connectivity index (χ0n) is 11.8. The second kappa shape index (κ2) is 6.37. The lowest BCUT2D eigenvalue weighted by atomic mass is 9.93. The van der Waals surface area contributed by atoms with Crippen LogP contribution in [0.25, 0.3) is 0 Å². The summed E-state index contributed by atoms with van der Waals surface area (Å²) in [5, 5.41) is 2.63. The molecule has 20 heavy (non-hydrogen) atoms. The summed E-state index contributed by atoms with van der Waals surface area (Å²) < 4.78 is 0. The quantitative estimate of drug-likeness (QED) is 0.850. The number of amides is 2. The summed E-state index contributed by atoms with van der Waals surface area (Å²) in [5.41, 5.74) is 2.55. The molecule has 1 unspecified atom stereocenters. The summed E-state index contributed by atoms with van der Waals surface area (Å²) in [4.78, 5) is 25.2. The van der Waals surface area contributed by atoms with Crippen LogP contribution in [0.4, 0.5) is 0 Å². The van der Waals surface area contributed by atoms with Gasteiger partial charge in [0, 0.05) is 19.5 Å². The number of hydrogen-bond donors (Lipinski definition) is 1. The molecular formula is C16H20N2O2. The Morgan fingerprint density at radius 3 is 2.95 bits per heavy atom. The van der Waals surface area contributed by atoms with Crippen LogP contribution in [0, 0.1) is 0 Å². The van der Waals surface area contributed by atoms with Gasteiger partial charge in [0.2, 0.25) is 11.8 Å². The van der Waals surface area contributed by atoms with E-state index in [1.165, 1.54) is 17.2 Å². The third-order valence-electron chi connectivity index (χ3n) is 3.74. The predicted octanol–water partition coefficient (Wildman–Crippen LogP) is 1.82. The molecule has 1 aliphatic rings. The van der Waals surface area contributed by atoms with Gasteiger partial charge in [-0.25, -0.2) is 0 Å². The van der Waals surface area contributed by atoms with E-state index in [1.54, 1.807) is 0 Å². The van der Waals surface area contributed by atoms with E-state index in [0.717, 1.165) is 13.0 Å². The Bertz CT molecular complexity index is 525. The first-order valence-electron chi connectivity index (χ1n) is 6.91. The maximum absolute atomic E-state index is 12.2. The Morgan fingerprint density at radius 2 is 2.20 bits per heavy atom. The fourth-order valence-corrected chi connectivity index (χ4v) is 2.62. The Balaban J connectivity index is 1.95.